The Morgan fingerprint density at radius 3 is 0.811 bits per heavy atom. The Balaban J connectivity index is 3.53. The Hall–Kier alpha value is -3.96. The molecule has 0 heterocycles. The van der Waals surface area contributed by atoms with Gasteiger partial charge in [0.25, 0.3) is 0 Å². The van der Waals surface area contributed by atoms with Crippen LogP contribution in [-0.2, 0) is 19.1 Å². The van der Waals surface area contributed by atoms with Crippen molar-refractivity contribution in [3.8, 4) is 0 Å². The highest BCUT2D eigenvalue weighted by Gasteiger charge is 2.16. The number of esters is 2. The molecule has 0 bridgehead atoms. The molecule has 0 fully saturated rings. The first kappa shape index (κ1) is 70.0. The van der Waals surface area contributed by atoms with E-state index in [4.69, 9.17) is 9.47 Å². The lowest BCUT2D eigenvalue weighted by atomic mass is 10.0. The van der Waals surface area contributed by atoms with E-state index < -0.39 is 6.10 Å². The van der Waals surface area contributed by atoms with E-state index in [1.54, 1.807) is 0 Å². The van der Waals surface area contributed by atoms with E-state index in [1.807, 2.05) is 0 Å². The number of aliphatic hydroxyl groups is 1. The fourth-order valence-corrected chi connectivity index (χ4v) is 8.41. The summed E-state index contributed by atoms with van der Waals surface area (Å²) in [6, 6.07) is 0. The molecular weight excluding hydrogens is 909 g/mol. The lowest BCUT2D eigenvalue weighted by Crippen LogP contribution is -2.28. The van der Waals surface area contributed by atoms with Gasteiger partial charge in [-0.15, -0.1) is 0 Å². The van der Waals surface area contributed by atoms with Crippen LogP contribution in [0.25, 0.3) is 0 Å². The van der Waals surface area contributed by atoms with Gasteiger partial charge in [-0.05, 0) is 109 Å². The van der Waals surface area contributed by atoms with Gasteiger partial charge in [0.1, 0.15) is 6.61 Å². The van der Waals surface area contributed by atoms with E-state index in [0.29, 0.717) is 12.8 Å². The molecule has 1 N–H and O–H groups in total. The van der Waals surface area contributed by atoms with Gasteiger partial charge < -0.3 is 14.6 Å². The predicted octanol–water partition coefficient (Wildman–Crippen LogP) is 21.2. The first-order valence-electron chi connectivity index (χ1n) is 30.7. The van der Waals surface area contributed by atoms with Crippen molar-refractivity contribution in [2.24, 2.45) is 0 Å². The SMILES string of the molecule is CC/C=C\C/C=C\C/C=C\C/C=C\C/C=C\C/C=C\C/C=C\CCCCCCCCCC(=O)OC(CO)COC(=O)CCCCCCCCCCCCCCCCCCCC/C=C\C/C=C\C/C=C\C/C=C\CC. The van der Waals surface area contributed by atoms with Gasteiger partial charge in [0, 0.05) is 12.8 Å². The van der Waals surface area contributed by atoms with Crippen LogP contribution in [-0.4, -0.2) is 36.4 Å². The second-order valence-electron chi connectivity index (χ2n) is 20.0. The van der Waals surface area contributed by atoms with Crippen LogP contribution in [0.4, 0.5) is 0 Å². The fraction of sp³-hybridized carbons (Fsp3) is 0.652. The summed E-state index contributed by atoms with van der Waals surface area (Å²) in [5, 5.41) is 9.68. The highest BCUT2D eigenvalue weighted by molar-refractivity contribution is 5.70. The van der Waals surface area contributed by atoms with Gasteiger partial charge in [0.05, 0.1) is 6.61 Å². The third-order valence-corrected chi connectivity index (χ3v) is 12.9. The molecule has 0 aromatic rings. The largest absolute Gasteiger partial charge is 0.462 e. The van der Waals surface area contributed by atoms with Gasteiger partial charge in [0.2, 0.25) is 0 Å². The molecule has 74 heavy (non-hydrogen) atoms. The van der Waals surface area contributed by atoms with Gasteiger partial charge in [-0.25, -0.2) is 0 Å². The molecule has 0 aliphatic rings. The van der Waals surface area contributed by atoms with Crippen LogP contribution in [0.2, 0.25) is 0 Å². The lowest BCUT2D eigenvalue weighted by molar-refractivity contribution is -0.161. The minimum atomic E-state index is -0.788. The molecule has 0 aromatic heterocycles. The van der Waals surface area contributed by atoms with E-state index in [-0.39, 0.29) is 25.2 Å². The van der Waals surface area contributed by atoms with E-state index >= 15 is 0 Å². The van der Waals surface area contributed by atoms with Crippen molar-refractivity contribution in [3.63, 3.8) is 0 Å². The Morgan fingerprint density at radius 2 is 0.541 bits per heavy atom. The topological polar surface area (TPSA) is 72.8 Å². The summed E-state index contributed by atoms with van der Waals surface area (Å²) in [5.74, 6) is -0.603. The van der Waals surface area contributed by atoms with Gasteiger partial charge in [0.15, 0.2) is 6.10 Å². The lowest BCUT2D eigenvalue weighted by Gasteiger charge is -2.15. The van der Waals surface area contributed by atoms with E-state index in [0.717, 1.165) is 116 Å². The molecule has 420 valence electrons. The molecule has 1 unspecified atom stereocenters. The molecule has 0 aromatic carbocycles. The molecule has 0 spiro atoms. The molecule has 5 heteroatoms. The smallest absolute Gasteiger partial charge is 0.306 e. The number of carbonyl (C=O) groups is 2. The quantitative estimate of drug-likeness (QED) is 0.0373. The summed E-state index contributed by atoms with van der Waals surface area (Å²) in [6.45, 7) is 3.92. The highest BCUT2D eigenvalue weighted by Crippen LogP contribution is 2.16. The summed E-state index contributed by atoms with van der Waals surface area (Å²) in [6.07, 6.45) is 94.4. The average Bonchev–Trinajstić information content (AvgIpc) is 3.40. The standard InChI is InChI=1S/C69H114O5/c1-3-5-7-9-11-13-15-17-19-21-23-25-27-29-31-33-34-36-37-39-41-43-45-47-49-51-53-55-57-59-61-63-68(71)73-66-67(65-70)74-69(72)64-62-60-58-56-54-52-50-48-46-44-42-40-38-35-32-30-28-26-24-22-20-18-16-14-12-10-8-6-4-2/h5-8,11-14,17-20,23-26,30,32,38,40,44,46,67,70H,3-4,9-10,15-16,21-22,27-29,31,33-37,39,41-43,45,47-66H2,1-2H3/b7-5-,8-6-,13-11-,14-12-,19-17-,20-18-,25-23-,26-24-,32-30-,40-38-,46-44-. The van der Waals surface area contributed by atoms with Crippen molar-refractivity contribution in [2.45, 2.75) is 277 Å². The second kappa shape index (κ2) is 63.3. The van der Waals surface area contributed by atoms with Gasteiger partial charge in [-0.1, -0.05) is 282 Å². The molecule has 0 radical (unpaired) electrons. The Morgan fingerprint density at radius 1 is 0.311 bits per heavy atom. The van der Waals surface area contributed by atoms with Crippen LogP contribution < -0.4 is 0 Å². The van der Waals surface area contributed by atoms with Crippen LogP contribution in [0.5, 0.6) is 0 Å². The normalized spacial score (nSPS) is 13.2. The van der Waals surface area contributed by atoms with Crippen molar-refractivity contribution in [1.82, 2.24) is 0 Å². The van der Waals surface area contributed by atoms with Crippen molar-refractivity contribution in [2.75, 3.05) is 13.2 Å². The summed E-state index contributed by atoms with van der Waals surface area (Å²) in [7, 11) is 0. The number of aliphatic hydroxyl groups excluding tert-OH is 1. The van der Waals surface area contributed by atoms with E-state index in [9.17, 15) is 14.7 Å². The molecule has 0 saturated carbocycles. The summed E-state index contributed by atoms with van der Waals surface area (Å²) in [4.78, 5) is 24.6. The maximum Gasteiger partial charge on any atom is 0.306 e. The van der Waals surface area contributed by atoms with Crippen LogP contribution in [0.3, 0.4) is 0 Å². The molecule has 0 aliphatic carbocycles. The number of hydrogen-bond donors (Lipinski definition) is 1. The monoisotopic (exact) mass is 1020 g/mol. The minimum Gasteiger partial charge on any atom is -0.462 e. The molecule has 0 rings (SSSR count). The van der Waals surface area contributed by atoms with E-state index in [2.05, 4.69) is 148 Å². The Labute approximate surface area is 457 Å². The van der Waals surface area contributed by atoms with Crippen LogP contribution in [0.15, 0.2) is 134 Å². The van der Waals surface area contributed by atoms with Crippen molar-refractivity contribution in [3.05, 3.63) is 134 Å². The highest BCUT2D eigenvalue weighted by atomic mass is 16.6. The fourth-order valence-electron chi connectivity index (χ4n) is 8.41. The van der Waals surface area contributed by atoms with Gasteiger partial charge in [-0.3, -0.25) is 9.59 Å². The number of ether oxygens (including phenoxy) is 2. The van der Waals surface area contributed by atoms with Crippen LogP contribution in [0.1, 0.15) is 271 Å². The number of unbranched alkanes of at least 4 members (excludes halogenated alkanes) is 25. The molecule has 1 atom stereocenters. The third kappa shape index (κ3) is 60.6. The number of rotatable bonds is 55. The summed E-state index contributed by atoms with van der Waals surface area (Å²) in [5.41, 5.74) is 0. The minimum absolute atomic E-state index is 0.0760. The number of hydrogen-bond acceptors (Lipinski definition) is 5. The van der Waals surface area contributed by atoms with E-state index in [1.165, 1.54) is 128 Å². The summed E-state index contributed by atoms with van der Waals surface area (Å²) < 4.78 is 10.7. The zero-order valence-electron chi connectivity index (χ0n) is 48.1. The molecule has 0 saturated heterocycles. The van der Waals surface area contributed by atoms with Crippen molar-refractivity contribution < 1.29 is 24.2 Å². The zero-order chi connectivity index (χ0) is 53.4. The van der Waals surface area contributed by atoms with Crippen molar-refractivity contribution >= 4 is 11.9 Å². The van der Waals surface area contributed by atoms with Crippen LogP contribution >= 0.6 is 0 Å². The van der Waals surface area contributed by atoms with Crippen LogP contribution in [0, 0.1) is 0 Å². The first-order chi connectivity index (χ1) is 36.6. The zero-order valence-corrected chi connectivity index (χ0v) is 48.1. The third-order valence-electron chi connectivity index (χ3n) is 12.9. The van der Waals surface area contributed by atoms with Gasteiger partial charge in [-0.2, -0.15) is 0 Å². The second-order valence-corrected chi connectivity index (χ2v) is 20.0. The first-order valence-corrected chi connectivity index (χ1v) is 30.7. The predicted molar refractivity (Wildman–Crippen MR) is 324 cm³/mol. The average molecular weight is 1020 g/mol. The Bertz CT molecular complexity index is 1530. The maximum atomic E-state index is 12.3. The number of carbonyl (C=O) groups excluding carboxylic acids is 2. The van der Waals surface area contributed by atoms with Gasteiger partial charge >= 0.3 is 11.9 Å². The number of allylic oxidation sites excluding steroid dienone is 22. The Kier molecular flexibility index (Phi) is 59.9. The molecule has 5 nitrogen and oxygen atoms in total. The molecular formula is C69H114O5. The molecule has 0 aliphatic heterocycles. The summed E-state index contributed by atoms with van der Waals surface area (Å²) >= 11 is 0. The maximum absolute atomic E-state index is 12.3. The van der Waals surface area contributed by atoms with Crippen molar-refractivity contribution in [1.29, 1.82) is 0 Å². The molecule has 0 amide bonds.